The molecule has 2 saturated carbocycles. The van der Waals surface area contributed by atoms with E-state index in [1.54, 1.807) is 0 Å². The monoisotopic (exact) mass is 342 g/mol. The van der Waals surface area contributed by atoms with E-state index in [4.69, 9.17) is 9.47 Å². The Morgan fingerprint density at radius 1 is 1.16 bits per heavy atom. The molecule has 1 aromatic rings. The van der Waals surface area contributed by atoms with Crippen molar-refractivity contribution in [2.24, 2.45) is 22.7 Å². The van der Waals surface area contributed by atoms with Gasteiger partial charge >= 0.3 is 0 Å². The summed E-state index contributed by atoms with van der Waals surface area (Å²) in [6.45, 7) is 10.1. The Morgan fingerprint density at radius 2 is 1.96 bits per heavy atom. The van der Waals surface area contributed by atoms with Gasteiger partial charge in [0.15, 0.2) is 0 Å². The van der Waals surface area contributed by atoms with Crippen LogP contribution < -0.4 is 4.74 Å². The molecule has 4 aliphatic rings. The van der Waals surface area contributed by atoms with Crippen LogP contribution in [0.3, 0.4) is 0 Å². The fourth-order valence-corrected chi connectivity index (χ4v) is 7.08. The first-order valence-corrected chi connectivity index (χ1v) is 9.95. The van der Waals surface area contributed by atoms with Gasteiger partial charge in [-0.2, -0.15) is 0 Å². The predicted octanol–water partition coefficient (Wildman–Crippen LogP) is 5.15. The van der Waals surface area contributed by atoms with Gasteiger partial charge in [0.25, 0.3) is 0 Å². The van der Waals surface area contributed by atoms with Gasteiger partial charge in [-0.25, -0.2) is 0 Å². The molecule has 1 saturated heterocycles. The highest BCUT2D eigenvalue weighted by molar-refractivity contribution is 5.52. The number of hydrogen-bond donors (Lipinski definition) is 1. The number of ether oxygens (including phenoxy) is 2. The smallest absolute Gasteiger partial charge is 0.129 e. The van der Waals surface area contributed by atoms with Gasteiger partial charge in [-0.3, -0.25) is 0 Å². The van der Waals surface area contributed by atoms with Gasteiger partial charge in [0.05, 0.1) is 18.3 Å². The first kappa shape index (κ1) is 16.0. The molecule has 0 amide bonds. The second-order valence-corrected chi connectivity index (χ2v) is 9.69. The summed E-state index contributed by atoms with van der Waals surface area (Å²) in [4.78, 5) is 0. The van der Waals surface area contributed by atoms with Crippen LogP contribution in [0.4, 0.5) is 0 Å². The Bertz CT molecular complexity index is 743. The average molecular weight is 342 g/mol. The summed E-state index contributed by atoms with van der Waals surface area (Å²) in [5.41, 5.74) is 2.23. The lowest BCUT2D eigenvalue weighted by molar-refractivity contribution is -0.181. The lowest BCUT2D eigenvalue weighted by Gasteiger charge is -2.64. The number of phenols is 1. The number of aromatic hydroxyl groups is 1. The van der Waals surface area contributed by atoms with Gasteiger partial charge in [-0.15, -0.1) is 0 Å². The van der Waals surface area contributed by atoms with E-state index in [2.05, 4.69) is 26.8 Å². The van der Waals surface area contributed by atoms with Crippen molar-refractivity contribution in [2.45, 2.75) is 71.5 Å². The van der Waals surface area contributed by atoms with Gasteiger partial charge in [0.1, 0.15) is 17.1 Å². The van der Waals surface area contributed by atoms with Crippen molar-refractivity contribution in [3.8, 4) is 11.5 Å². The molecular weight excluding hydrogens is 312 g/mol. The zero-order valence-corrected chi connectivity index (χ0v) is 15.9. The highest BCUT2D eigenvalue weighted by Crippen LogP contribution is 2.73. The van der Waals surface area contributed by atoms with Crippen LogP contribution in [-0.4, -0.2) is 17.3 Å². The molecule has 2 aliphatic heterocycles. The Kier molecular flexibility index (Phi) is 3.03. The molecule has 6 atom stereocenters. The predicted molar refractivity (Wildman–Crippen MR) is 96.8 cm³/mol. The van der Waals surface area contributed by atoms with Gasteiger partial charge in [0.2, 0.25) is 0 Å². The summed E-state index contributed by atoms with van der Waals surface area (Å²) in [5, 5.41) is 10.7. The quantitative estimate of drug-likeness (QED) is 0.709. The molecular formula is C22H30O3. The summed E-state index contributed by atoms with van der Waals surface area (Å²) >= 11 is 0. The highest BCUT2D eigenvalue weighted by atomic mass is 16.5. The number of aryl methyl sites for hydroxylation is 1. The lowest BCUT2D eigenvalue weighted by Crippen LogP contribution is -2.64. The molecule has 0 bridgehead atoms. The Morgan fingerprint density at radius 3 is 2.76 bits per heavy atom. The fourth-order valence-electron chi connectivity index (χ4n) is 7.08. The van der Waals surface area contributed by atoms with Crippen molar-refractivity contribution in [3.63, 3.8) is 0 Å². The number of hydrogen-bond acceptors (Lipinski definition) is 3. The first-order chi connectivity index (χ1) is 11.8. The van der Waals surface area contributed by atoms with Crippen LogP contribution in [0.5, 0.6) is 11.5 Å². The molecule has 3 heteroatoms. The topological polar surface area (TPSA) is 38.7 Å². The lowest BCUT2D eigenvalue weighted by atomic mass is 9.41. The molecule has 6 unspecified atom stereocenters. The maximum atomic E-state index is 10.7. The molecule has 2 aliphatic carbocycles. The maximum Gasteiger partial charge on any atom is 0.129 e. The van der Waals surface area contributed by atoms with Crippen LogP contribution in [0, 0.1) is 29.6 Å². The average Bonchev–Trinajstić information content (AvgIpc) is 2.92. The summed E-state index contributed by atoms with van der Waals surface area (Å²) in [5.74, 6) is 2.24. The third-order valence-corrected chi connectivity index (χ3v) is 8.59. The van der Waals surface area contributed by atoms with E-state index in [0.29, 0.717) is 17.1 Å². The highest BCUT2D eigenvalue weighted by Gasteiger charge is 2.71. The van der Waals surface area contributed by atoms with E-state index in [-0.39, 0.29) is 17.1 Å². The van der Waals surface area contributed by atoms with Crippen LogP contribution in [0.15, 0.2) is 12.1 Å². The summed E-state index contributed by atoms with van der Waals surface area (Å²) in [7, 11) is 0. The van der Waals surface area contributed by atoms with E-state index < -0.39 is 0 Å². The third kappa shape index (κ3) is 1.76. The van der Waals surface area contributed by atoms with Crippen molar-refractivity contribution < 1.29 is 14.6 Å². The van der Waals surface area contributed by atoms with E-state index in [1.165, 1.54) is 25.7 Å². The van der Waals surface area contributed by atoms with E-state index >= 15 is 0 Å². The Hall–Kier alpha value is -1.22. The second kappa shape index (κ2) is 4.73. The van der Waals surface area contributed by atoms with Crippen molar-refractivity contribution in [2.75, 3.05) is 6.61 Å². The van der Waals surface area contributed by atoms with Crippen molar-refractivity contribution in [1.29, 1.82) is 0 Å². The molecule has 2 heterocycles. The maximum absolute atomic E-state index is 10.7. The largest absolute Gasteiger partial charge is 0.507 e. The van der Waals surface area contributed by atoms with E-state index in [1.807, 2.05) is 13.0 Å². The molecule has 0 radical (unpaired) electrons. The standard InChI is InChI=1S/C22H30O3/c1-13-10-15(23)17-16(11-13)25-21(4)9-8-20(3)14(2)6-5-7-22(20)12-24-18(17)19(21)22/h10-11,14,18-19,23H,5-9,12H2,1-4H3. The minimum absolute atomic E-state index is 0.0284. The Labute approximate surface area is 150 Å². The molecule has 136 valence electrons. The summed E-state index contributed by atoms with van der Waals surface area (Å²) < 4.78 is 13.2. The number of phenolic OH excluding ortho intramolecular Hbond substituents is 1. The Balaban J connectivity index is 1.71. The SMILES string of the molecule is Cc1cc(O)c2c(c1)OC1(C)CCC3(C)C(C)CCCC34COC2C14. The van der Waals surface area contributed by atoms with Crippen LogP contribution in [0.2, 0.25) is 0 Å². The number of rotatable bonds is 0. The molecule has 0 aromatic heterocycles. The molecule has 5 rings (SSSR count). The molecule has 3 fully saturated rings. The number of fused-ring (bicyclic) bond motifs is 2. The number of benzene rings is 1. The molecule has 1 aromatic carbocycles. The van der Waals surface area contributed by atoms with Gasteiger partial charge < -0.3 is 14.6 Å². The molecule has 1 N–H and O–H groups in total. The van der Waals surface area contributed by atoms with Crippen LogP contribution >= 0.6 is 0 Å². The van der Waals surface area contributed by atoms with Crippen molar-refractivity contribution in [3.05, 3.63) is 23.3 Å². The van der Waals surface area contributed by atoms with E-state index in [9.17, 15) is 5.11 Å². The normalized spacial score (nSPS) is 47.4. The van der Waals surface area contributed by atoms with Crippen LogP contribution in [0.25, 0.3) is 0 Å². The fraction of sp³-hybridized carbons (Fsp3) is 0.727. The zero-order valence-electron chi connectivity index (χ0n) is 15.9. The van der Waals surface area contributed by atoms with Gasteiger partial charge in [-0.1, -0.05) is 26.7 Å². The molecule has 1 spiro atoms. The first-order valence-electron chi connectivity index (χ1n) is 9.95. The minimum Gasteiger partial charge on any atom is -0.507 e. The zero-order chi connectivity index (χ0) is 17.6. The molecule has 3 nitrogen and oxygen atoms in total. The van der Waals surface area contributed by atoms with Crippen LogP contribution in [-0.2, 0) is 4.74 Å². The van der Waals surface area contributed by atoms with Crippen LogP contribution in [0.1, 0.15) is 70.1 Å². The van der Waals surface area contributed by atoms with Gasteiger partial charge in [-0.05, 0) is 62.1 Å². The third-order valence-electron chi connectivity index (χ3n) is 8.59. The molecule has 25 heavy (non-hydrogen) atoms. The van der Waals surface area contributed by atoms with Gasteiger partial charge in [0, 0.05) is 11.3 Å². The van der Waals surface area contributed by atoms with Crippen molar-refractivity contribution >= 4 is 0 Å². The summed E-state index contributed by atoms with van der Waals surface area (Å²) in [6.07, 6.45) is 6.11. The second-order valence-electron chi connectivity index (χ2n) is 9.69. The summed E-state index contributed by atoms with van der Waals surface area (Å²) in [6, 6.07) is 3.92. The van der Waals surface area contributed by atoms with E-state index in [0.717, 1.165) is 35.8 Å². The van der Waals surface area contributed by atoms with Crippen molar-refractivity contribution in [1.82, 2.24) is 0 Å². The minimum atomic E-state index is -0.190.